The fourth-order valence-corrected chi connectivity index (χ4v) is 1.58. The van der Waals surface area contributed by atoms with Crippen LogP contribution in [-0.4, -0.2) is 31.1 Å². The lowest BCUT2D eigenvalue weighted by molar-refractivity contribution is -0.142. The third-order valence-electron chi connectivity index (χ3n) is 2.17. The molecule has 0 N–H and O–H groups in total. The monoisotopic (exact) mass is 156 g/mol. The average Bonchev–Trinajstić information content (AvgIpc) is 2.45. The summed E-state index contributed by atoms with van der Waals surface area (Å²) >= 11 is 0. The Morgan fingerprint density at radius 2 is 2.36 bits per heavy atom. The van der Waals surface area contributed by atoms with Crippen molar-refractivity contribution in [3.05, 3.63) is 0 Å². The van der Waals surface area contributed by atoms with Crippen LogP contribution in [0.15, 0.2) is 0 Å². The van der Waals surface area contributed by atoms with Gasteiger partial charge in [0.1, 0.15) is 18.5 Å². The van der Waals surface area contributed by atoms with E-state index in [4.69, 9.17) is 9.47 Å². The van der Waals surface area contributed by atoms with E-state index in [0.717, 1.165) is 6.29 Å². The number of carbonyl (C=O) groups excluding carboxylic acids is 2. The fraction of sp³-hybridized carbons (Fsp3) is 0.714. The maximum atomic E-state index is 10.7. The summed E-state index contributed by atoms with van der Waals surface area (Å²) in [5.41, 5.74) is 0. The van der Waals surface area contributed by atoms with Gasteiger partial charge in [0.25, 0.3) is 0 Å². The Bertz CT molecular complexity index is 201. The van der Waals surface area contributed by atoms with Crippen LogP contribution in [-0.2, 0) is 19.1 Å². The van der Waals surface area contributed by atoms with Crippen LogP contribution in [0.5, 0.6) is 0 Å². The second-order valence-corrected chi connectivity index (χ2v) is 2.83. The smallest absolute Gasteiger partial charge is 0.306 e. The molecule has 0 aromatic carbocycles. The molecule has 0 radical (unpaired) electrons. The molecule has 0 saturated carbocycles. The zero-order valence-corrected chi connectivity index (χ0v) is 5.86. The number of fused-ring (bicyclic) bond motifs is 1. The van der Waals surface area contributed by atoms with Gasteiger partial charge in [-0.25, -0.2) is 0 Å². The highest BCUT2D eigenvalue weighted by molar-refractivity contribution is 5.74. The number of carbonyl (C=O) groups is 2. The van der Waals surface area contributed by atoms with Crippen molar-refractivity contribution in [1.82, 2.24) is 0 Å². The zero-order chi connectivity index (χ0) is 7.84. The van der Waals surface area contributed by atoms with E-state index < -0.39 is 6.10 Å². The Kier molecular flexibility index (Phi) is 1.42. The topological polar surface area (TPSA) is 52.6 Å². The summed E-state index contributed by atoms with van der Waals surface area (Å²) in [5.74, 6) is -0.241. The molecule has 60 valence electrons. The van der Waals surface area contributed by atoms with Crippen molar-refractivity contribution in [2.24, 2.45) is 5.92 Å². The van der Waals surface area contributed by atoms with E-state index in [1.165, 1.54) is 0 Å². The second kappa shape index (κ2) is 2.30. The highest BCUT2D eigenvalue weighted by atomic mass is 16.6. The van der Waals surface area contributed by atoms with Gasteiger partial charge in [-0.15, -0.1) is 0 Å². The predicted molar refractivity (Wildman–Crippen MR) is 33.8 cm³/mol. The first kappa shape index (κ1) is 6.79. The highest BCUT2D eigenvalue weighted by Gasteiger charge is 2.45. The van der Waals surface area contributed by atoms with Crippen LogP contribution >= 0.6 is 0 Å². The van der Waals surface area contributed by atoms with Crippen molar-refractivity contribution in [2.75, 3.05) is 6.61 Å². The standard InChI is InChI=1S/C7H8O4/c8-2-5-4-1-7(9)11-6(4)3-10-5/h2,4-6H,1,3H2/t4-,5?,6?/m1/s1. The van der Waals surface area contributed by atoms with Crippen LogP contribution in [0.2, 0.25) is 0 Å². The van der Waals surface area contributed by atoms with Crippen molar-refractivity contribution in [3.8, 4) is 0 Å². The van der Waals surface area contributed by atoms with Gasteiger partial charge in [0.2, 0.25) is 0 Å². The van der Waals surface area contributed by atoms with Gasteiger partial charge in [-0.1, -0.05) is 0 Å². The summed E-state index contributed by atoms with van der Waals surface area (Å²) in [7, 11) is 0. The number of hydrogen-bond donors (Lipinski definition) is 0. The highest BCUT2D eigenvalue weighted by Crippen LogP contribution is 2.31. The normalized spacial score (nSPS) is 41.8. The van der Waals surface area contributed by atoms with Gasteiger partial charge in [0, 0.05) is 5.92 Å². The third-order valence-corrected chi connectivity index (χ3v) is 2.17. The lowest BCUT2D eigenvalue weighted by atomic mass is 9.99. The quantitative estimate of drug-likeness (QED) is 0.380. The van der Waals surface area contributed by atoms with Crippen molar-refractivity contribution in [1.29, 1.82) is 0 Å². The summed E-state index contributed by atoms with van der Waals surface area (Å²) in [6, 6.07) is 0. The van der Waals surface area contributed by atoms with E-state index in [1.807, 2.05) is 0 Å². The van der Waals surface area contributed by atoms with Crippen LogP contribution in [0.25, 0.3) is 0 Å². The molecule has 2 heterocycles. The number of hydrogen-bond acceptors (Lipinski definition) is 4. The van der Waals surface area contributed by atoms with E-state index in [9.17, 15) is 9.59 Å². The van der Waals surface area contributed by atoms with Crippen molar-refractivity contribution >= 4 is 12.3 Å². The zero-order valence-electron chi connectivity index (χ0n) is 5.86. The fourth-order valence-electron chi connectivity index (χ4n) is 1.58. The molecule has 4 nitrogen and oxygen atoms in total. The SMILES string of the molecule is O=CC1OCC2OC(=O)C[C@H]12. The Morgan fingerprint density at radius 1 is 1.55 bits per heavy atom. The van der Waals surface area contributed by atoms with Crippen LogP contribution in [0.1, 0.15) is 6.42 Å². The van der Waals surface area contributed by atoms with Crippen LogP contribution < -0.4 is 0 Å². The molecule has 3 atom stereocenters. The van der Waals surface area contributed by atoms with Crippen molar-refractivity contribution in [3.63, 3.8) is 0 Å². The first-order chi connectivity index (χ1) is 5.31. The van der Waals surface area contributed by atoms with Gasteiger partial charge in [-0.2, -0.15) is 0 Å². The summed E-state index contributed by atoms with van der Waals surface area (Å²) in [6.07, 6.45) is 0.477. The Balaban J connectivity index is 2.12. The molecule has 0 amide bonds. The van der Waals surface area contributed by atoms with Crippen molar-refractivity contribution < 1.29 is 19.1 Å². The molecule has 0 bridgehead atoms. The van der Waals surface area contributed by atoms with E-state index in [-0.39, 0.29) is 18.0 Å². The minimum Gasteiger partial charge on any atom is -0.459 e. The molecule has 11 heavy (non-hydrogen) atoms. The molecule has 0 aromatic heterocycles. The molecular formula is C7H8O4. The first-order valence-corrected chi connectivity index (χ1v) is 3.57. The van der Waals surface area contributed by atoms with E-state index in [2.05, 4.69) is 0 Å². The van der Waals surface area contributed by atoms with Gasteiger partial charge < -0.3 is 14.3 Å². The minimum atomic E-state index is -0.425. The summed E-state index contributed by atoms with van der Waals surface area (Å²) in [4.78, 5) is 21.1. The third kappa shape index (κ3) is 0.939. The van der Waals surface area contributed by atoms with Gasteiger partial charge in [0.15, 0.2) is 0 Å². The Morgan fingerprint density at radius 3 is 3.09 bits per heavy atom. The Hall–Kier alpha value is -0.900. The molecule has 0 aromatic rings. The molecule has 2 aliphatic rings. The van der Waals surface area contributed by atoms with Crippen LogP contribution in [0.4, 0.5) is 0 Å². The molecule has 2 rings (SSSR count). The lowest BCUT2D eigenvalue weighted by Crippen LogP contribution is -2.20. The summed E-state index contributed by atoms with van der Waals surface area (Å²) in [6.45, 7) is 0.375. The maximum Gasteiger partial charge on any atom is 0.306 e. The van der Waals surface area contributed by atoms with Crippen LogP contribution in [0.3, 0.4) is 0 Å². The van der Waals surface area contributed by atoms with E-state index >= 15 is 0 Å². The molecular weight excluding hydrogens is 148 g/mol. The van der Waals surface area contributed by atoms with E-state index in [0.29, 0.717) is 13.0 Å². The molecule has 2 unspecified atom stereocenters. The summed E-state index contributed by atoms with van der Waals surface area (Å²) < 4.78 is 9.97. The Labute approximate surface area is 63.5 Å². The van der Waals surface area contributed by atoms with Gasteiger partial charge in [-0.3, -0.25) is 4.79 Å². The second-order valence-electron chi connectivity index (χ2n) is 2.83. The number of aldehydes is 1. The van der Waals surface area contributed by atoms with E-state index in [1.54, 1.807) is 0 Å². The first-order valence-electron chi connectivity index (χ1n) is 3.57. The van der Waals surface area contributed by atoms with Crippen molar-refractivity contribution in [2.45, 2.75) is 18.6 Å². The lowest BCUT2D eigenvalue weighted by Gasteiger charge is -2.05. The average molecular weight is 156 g/mol. The summed E-state index contributed by atoms with van der Waals surface area (Å²) in [5, 5.41) is 0. The largest absolute Gasteiger partial charge is 0.459 e. The predicted octanol–water partition coefficient (Wildman–Crippen LogP) is -0.484. The number of esters is 1. The van der Waals surface area contributed by atoms with Gasteiger partial charge in [0.05, 0.1) is 13.0 Å². The molecule has 2 saturated heterocycles. The molecule has 2 fully saturated rings. The minimum absolute atomic E-state index is 0.0278. The molecule has 0 aliphatic carbocycles. The molecule has 4 heteroatoms. The molecule has 2 aliphatic heterocycles. The maximum absolute atomic E-state index is 10.7. The van der Waals surface area contributed by atoms with Gasteiger partial charge >= 0.3 is 5.97 Å². The van der Waals surface area contributed by atoms with Gasteiger partial charge in [-0.05, 0) is 0 Å². The van der Waals surface area contributed by atoms with Crippen LogP contribution in [0, 0.1) is 5.92 Å². The number of rotatable bonds is 1. The number of ether oxygens (including phenoxy) is 2. The molecule has 0 spiro atoms.